The minimum Gasteiger partial charge on any atom is -0.375 e. The summed E-state index contributed by atoms with van der Waals surface area (Å²) >= 11 is 1.30. The third-order valence-electron chi connectivity index (χ3n) is 3.62. The first kappa shape index (κ1) is 17.6. The van der Waals surface area contributed by atoms with Crippen molar-refractivity contribution in [2.45, 2.75) is 13.5 Å². The molecule has 0 bridgehead atoms. The van der Waals surface area contributed by atoms with Crippen LogP contribution in [0.3, 0.4) is 0 Å². The van der Waals surface area contributed by atoms with E-state index in [0.29, 0.717) is 17.4 Å². The number of nitro benzene ring substituents is 1. The van der Waals surface area contributed by atoms with E-state index in [1.54, 1.807) is 12.1 Å². The van der Waals surface area contributed by atoms with Crippen molar-refractivity contribution in [1.29, 1.82) is 0 Å². The van der Waals surface area contributed by atoms with Crippen molar-refractivity contribution in [3.05, 3.63) is 80.8 Å². The Morgan fingerprint density at radius 1 is 1.23 bits per heavy atom. The maximum atomic E-state index is 12.3. The molecule has 132 valence electrons. The SMILES string of the molecule is Cc1csc(NC(=O)c2ccc(NCc3ccccc3)c([N+](=O)[O-])c2)n1. The molecule has 7 nitrogen and oxygen atoms in total. The Morgan fingerprint density at radius 3 is 2.65 bits per heavy atom. The molecule has 0 fully saturated rings. The van der Waals surface area contributed by atoms with E-state index in [9.17, 15) is 14.9 Å². The Morgan fingerprint density at radius 2 is 2.00 bits per heavy atom. The number of amides is 1. The minimum absolute atomic E-state index is 0.149. The number of nitrogens with one attached hydrogen (secondary N) is 2. The van der Waals surface area contributed by atoms with Gasteiger partial charge in [-0.2, -0.15) is 0 Å². The molecule has 0 aliphatic rings. The lowest BCUT2D eigenvalue weighted by molar-refractivity contribution is -0.384. The van der Waals surface area contributed by atoms with Crippen LogP contribution in [0, 0.1) is 17.0 Å². The fourth-order valence-electron chi connectivity index (χ4n) is 2.35. The van der Waals surface area contributed by atoms with E-state index in [0.717, 1.165) is 11.3 Å². The molecule has 2 aromatic carbocycles. The van der Waals surface area contributed by atoms with Gasteiger partial charge < -0.3 is 5.32 Å². The van der Waals surface area contributed by atoms with Crippen molar-refractivity contribution < 1.29 is 9.72 Å². The van der Waals surface area contributed by atoms with Gasteiger partial charge in [-0.25, -0.2) is 4.98 Å². The van der Waals surface area contributed by atoms with Gasteiger partial charge in [0.25, 0.3) is 11.6 Å². The van der Waals surface area contributed by atoms with Crippen LogP contribution in [0.2, 0.25) is 0 Å². The quantitative estimate of drug-likeness (QED) is 0.501. The first-order valence-corrected chi connectivity index (χ1v) is 8.70. The first-order chi connectivity index (χ1) is 12.5. The molecule has 0 unspecified atom stereocenters. The van der Waals surface area contributed by atoms with Gasteiger partial charge in [0.1, 0.15) is 5.69 Å². The molecule has 3 rings (SSSR count). The maximum Gasteiger partial charge on any atom is 0.293 e. The van der Waals surface area contributed by atoms with Crippen LogP contribution in [0.4, 0.5) is 16.5 Å². The Hall–Kier alpha value is -3.26. The van der Waals surface area contributed by atoms with Crippen LogP contribution in [0.25, 0.3) is 0 Å². The molecular weight excluding hydrogens is 352 g/mol. The van der Waals surface area contributed by atoms with E-state index in [4.69, 9.17) is 0 Å². The number of hydrogen-bond donors (Lipinski definition) is 2. The molecule has 0 aliphatic heterocycles. The Balaban J connectivity index is 1.77. The van der Waals surface area contributed by atoms with Gasteiger partial charge in [0.2, 0.25) is 0 Å². The highest BCUT2D eigenvalue weighted by atomic mass is 32.1. The number of thiazole rings is 1. The number of benzene rings is 2. The fraction of sp³-hybridized carbons (Fsp3) is 0.111. The summed E-state index contributed by atoms with van der Waals surface area (Å²) in [5, 5.41) is 19.4. The number of anilines is 2. The molecule has 0 saturated heterocycles. The zero-order valence-corrected chi connectivity index (χ0v) is 14.7. The normalized spacial score (nSPS) is 10.3. The topological polar surface area (TPSA) is 97.2 Å². The van der Waals surface area contributed by atoms with Gasteiger partial charge in [-0.3, -0.25) is 20.2 Å². The predicted octanol–water partition coefficient (Wildman–Crippen LogP) is 4.22. The highest BCUT2D eigenvalue weighted by Crippen LogP contribution is 2.27. The average Bonchev–Trinajstić information content (AvgIpc) is 3.05. The lowest BCUT2D eigenvalue weighted by Gasteiger charge is -2.09. The number of carbonyl (C=O) groups is 1. The number of rotatable bonds is 6. The van der Waals surface area contributed by atoms with Crippen LogP contribution < -0.4 is 10.6 Å². The summed E-state index contributed by atoms with van der Waals surface area (Å²) in [5.74, 6) is -0.433. The molecule has 26 heavy (non-hydrogen) atoms. The van der Waals surface area contributed by atoms with Crippen molar-refractivity contribution in [3.8, 4) is 0 Å². The third-order valence-corrected chi connectivity index (χ3v) is 4.50. The molecule has 2 N–H and O–H groups in total. The molecule has 8 heteroatoms. The van der Waals surface area contributed by atoms with E-state index in [2.05, 4.69) is 15.6 Å². The molecule has 3 aromatic rings. The summed E-state index contributed by atoms with van der Waals surface area (Å²) in [4.78, 5) is 27.3. The van der Waals surface area contributed by atoms with Gasteiger partial charge in [-0.1, -0.05) is 30.3 Å². The molecule has 0 spiro atoms. The second kappa shape index (κ2) is 7.75. The van der Waals surface area contributed by atoms with E-state index in [1.807, 2.05) is 42.6 Å². The highest BCUT2D eigenvalue weighted by molar-refractivity contribution is 7.13. The van der Waals surface area contributed by atoms with Crippen molar-refractivity contribution in [3.63, 3.8) is 0 Å². The fourth-order valence-corrected chi connectivity index (χ4v) is 3.03. The van der Waals surface area contributed by atoms with Crippen LogP contribution >= 0.6 is 11.3 Å². The van der Waals surface area contributed by atoms with Crippen LogP contribution in [0.5, 0.6) is 0 Å². The van der Waals surface area contributed by atoms with Crippen molar-refractivity contribution in [2.75, 3.05) is 10.6 Å². The van der Waals surface area contributed by atoms with E-state index in [1.165, 1.54) is 17.4 Å². The minimum atomic E-state index is -0.502. The molecule has 0 saturated carbocycles. The lowest BCUT2D eigenvalue weighted by Crippen LogP contribution is -2.12. The third kappa shape index (κ3) is 4.22. The largest absolute Gasteiger partial charge is 0.375 e. The first-order valence-electron chi connectivity index (χ1n) is 7.82. The number of aromatic nitrogens is 1. The number of hydrogen-bond acceptors (Lipinski definition) is 6. The maximum absolute atomic E-state index is 12.3. The number of nitro groups is 1. The monoisotopic (exact) mass is 368 g/mol. The van der Waals surface area contributed by atoms with E-state index >= 15 is 0 Å². The van der Waals surface area contributed by atoms with Crippen molar-refractivity contribution in [2.24, 2.45) is 0 Å². The zero-order chi connectivity index (χ0) is 18.5. The summed E-state index contributed by atoms with van der Waals surface area (Å²) in [6.07, 6.45) is 0. The van der Waals surface area contributed by atoms with Gasteiger partial charge in [0, 0.05) is 23.6 Å². The van der Waals surface area contributed by atoms with Crippen LogP contribution in [-0.2, 0) is 6.54 Å². The van der Waals surface area contributed by atoms with E-state index < -0.39 is 10.8 Å². The lowest BCUT2D eigenvalue weighted by atomic mass is 10.1. The van der Waals surface area contributed by atoms with Gasteiger partial charge in [-0.15, -0.1) is 11.3 Å². The molecule has 0 atom stereocenters. The Bertz CT molecular complexity index is 941. The molecular formula is C18H16N4O3S. The molecule has 1 aromatic heterocycles. The number of nitrogens with zero attached hydrogens (tertiary/aromatic N) is 2. The molecule has 0 aliphatic carbocycles. The summed E-state index contributed by atoms with van der Waals surface area (Å²) in [5.41, 5.74) is 2.22. The zero-order valence-electron chi connectivity index (χ0n) is 13.9. The van der Waals surface area contributed by atoms with Crippen LogP contribution in [0.15, 0.2) is 53.9 Å². The standard InChI is InChI=1S/C18H16N4O3S/c1-12-11-26-18(20-12)21-17(23)14-7-8-15(16(9-14)22(24)25)19-10-13-5-3-2-4-6-13/h2-9,11,19H,10H2,1H3,(H,20,21,23). The summed E-state index contributed by atoms with van der Waals surface area (Å²) < 4.78 is 0. The van der Waals surface area contributed by atoms with Gasteiger partial charge in [0.05, 0.1) is 10.6 Å². The molecule has 0 radical (unpaired) electrons. The van der Waals surface area contributed by atoms with Crippen LogP contribution in [0.1, 0.15) is 21.6 Å². The Labute approximate surface area is 153 Å². The van der Waals surface area contributed by atoms with E-state index in [-0.39, 0.29) is 11.3 Å². The molecule has 1 amide bonds. The average molecular weight is 368 g/mol. The number of aryl methyl sites for hydroxylation is 1. The van der Waals surface area contributed by atoms with Gasteiger partial charge in [-0.05, 0) is 24.6 Å². The highest BCUT2D eigenvalue weighted by Gasteiger charge is 2.18. The van der Waals surface area contributed by atoms with Crippen molar-refractivity contribution in [1.82, 2.24) is 4.98 Å². The van der Waals surface area contributed by atoms with Crippen LogP contribution in [-0.4, -0.2) is 15.8 Å². The van der Waals surface area contributed by atoms with Gasteiger partial charge >= 0.3 is 0 Å². The Kier molecular flexibility index (Phi) is 5.23. The van der Waals surface area contributed by atoms with Gasteiger partial charge in [0.15, 0.2) is 5.13 Å². The summed E-state index contributed by atoms with van der Waals surface area (Å²) in [7, 11) is 0. The smallest absolute Gasteiger partial charge is 0.293 e. The number of carbonyl (C=O) groups excluding carboxylic acids is 1. The second-order valence-corrected chi connectivity index (χ2v) is 6.43. The second-order valence-electron chi connectivity index (χ2n) is 5.58. The summed E-state index contributed by atoms with van der Waals surface area (Å²) in [6.45, 7) is 2.27. The van der Waals surface area contributed by atoms with Crippen molar-refractivity contribution >= 4 is 33.8 Å². The predicted molar refractivity (Wildman–Crippen MR) is 102 cm³/mol. The molecule has 1 heterocycles. The summed E-state index contributed by atoms with van der Waals surface area (Å²) in [6, 6.07) is 13.9.